The van der Waals surface area contributed by atoms with Crippen LogP contribution in [0.5, 0.6) is 0 Å². The van der Waals surface area contributed by atoms with Crippen LogP contribution in [-0.2, 0) is 16.6 Å². The maximum atomic E-state index is 14.3. The molecule has 4 rings (SSSR count). The van der Waals surface area contributed by atoms with E-state index >= 15 is 0 Å². The van der Waals surface area contributed by atoms with E-state index in [0.29, 0.717) is 16.8 Å². The van der Waals surface area contributed by atoms with E-state index in [9.17, 15) is 22.0 Å². The molecular formula is C24H20F2N4O3S. The molecule has 0 fully saturated rings. The van der Waals surface area contributed by atoms with Gasteiger partial charge in [0.1, 0.15) is 11.6 Å². The lowest BCUT2D eigenvalue weighted by Gasteiger charge is -2.09. The summed E-state index contributed by atoms with van der Waals surface area (Å²) in [6.07, 6.45) is 1.71. The highest BCUT2D eigenvalue weighted by Crippen LogP contribution is 2.24. The molecule has 0 radical (unpaired) electrons. The number of aromatic nitrogens is 2. The number of para-hydroxylation sites is 1. The van der Waals surface area contributed by atoms with Crippen LogP contribution >= 0.6 is 0 Å². The van der Waals surface area contributed by atoms with Crippen LogP contribution in [0.2, 0.25) is 0 Å². The monoisotopic (exact) mass is 482 g/mol. The van der Waals surface area contributed by atoms with Gasteiger partial charge >= 0.3 is 0 Å². The summed E-state index contributed by atoms with van der Waals surface area (Å²) >= 11 is 0. The van der Waals surface area contributed by atoms with Crippen molar-refractivity contribution < 1.29 is 22.0 Å². The highest BCUT2D eigenvalue weighted by molar-refractivity contribution is 7.89. The molecule has 1 aromatic heterocycles. The van der Waals surface area contributed by atoms with E-state index in [1.807, 2.05) is 30.3 Å². The van der Waals surface area contributed by atoms with Crippen molar-refractivity contribution >= 4 is 15.9 Å². The number of carbonyl (C=O) groups is 1. The highest BCUT2D eigenvalue weighted by atomic mass is 32.2. The van der Waals surface area contributed by atoms with Gasteiger partial charge in [0, 0.05) is 23.9 Å². The van der Waals surface area contributed by atoms with E-state index in [4.69, 9.17) is 0 Å². The zero-order chi connectivity index (χ0) is 24.3. The van der Waals surface area contributed by atoms with Crippen molar-refractivity contribution in [3.8, 4) is 16.9 Å². The Morgan fingerprint density at radius 2 is 1.71 bits per heavy atom. The number of hydrogen-bond acceptors (Lipinski definition) is 4. The number of sulfonamides is 1. The maximum Gasteiger partial charge on any atom is 0.254 e. The second kappa shape index (κ2) is 9.54. The molecular weight excluding hydrogens is 462 g/mol. The molecule has 7 nitrogen and oxygen atoms in total. The Bertz CT molecular complexity index is 1440. The number of rotatable bonds is 7. The third kappa shape index (κ3) is 4.87. The summed E-state index contributed by atoms with van der Waals surface area (Å²) in [7, 11) is -2.63. The molecule has 0 saturated carbocycles. The number of hydrogen-bond donors (Lipinski definition) is 2. The second-order valence-corrected chi connectivity index (χ2v) is 9.21. The Hall–Kier alpha value is -3.89. The van der Waals surface area contributed by atoms with Gasteiger partial charge < -0.3 is 5.32 Å². The zero-order valence-electron chi connectivity index (χ0n) is 18.0. The van der Waals surface area contributed by atoms with Gasteiger partial charge in [0.25, 0.3) is 5.91 Å². The molecule has 0 bridgehead atoms. The topological polar surface area (TPSA) is 93.1 Å². The van der Waals surface area contributed by atoms with Gasteiger partial charge in [0.15, 0.2) is 0 Å². The molecule has 10 heteroatoms. The summed E-state index contributed by atoms with van der Waals surface area (Å²) in [6, 6.07) is 18.0. The second-order valence-electron chi connectivity index (χ2n) is 7.32. The lowest BCUT2D eigenvalue weighted by molar-refractivity contribution is 0.0946. The van der Waals surface area contributed by atoms with Crippen LogP contribution in [0.25, 0.3) is 16.9 Å². The van der Waals surface area contributed by atoms with E-state index in [1.54, 1.807) is 23.0 Å². The fourth-order valence-corrected chi connectivity index (χ4v) is 4.09. The van der Waals surface area contributed by atoms with Gasteiger partial charge in [-0.25, -0.2) is 26.6 Å². The van der Waals surface area contributed by atoms with Crippen molar-refractivity contribution in [2.75, 3.05) is 7.05 Å². The lowest BCUT2D eigenvalue weighted by Crippen LogP contribution is -2.25. The minimum atomic E-state index is -3.85. The van der Waals surface area contributed by atoms with Crippen molar-refractivity contribution in [2.24, 2.45) is 0 Å². The molecule has 2 N–H and O–H groups in total. The summed E-state index contributed by atoms with van der Waals surface area (Å²) in [5.41, 5.74) is 2.11. The predicted octanol–water partition coefficient (Wildman–Crippen LogP) is 3.66. The molecule has 174 valence electrons. The summed E-state index contributed by atoms with van der Waals surface area (Å²) in [5, 5.41) is 7.20. The third-order valence-electron chi connectivity index (χ3n) is 5.13. The number of carbonyl (C=O) groups excluding carboxylic acids is 1. The van der Waals surface area contributed by atoms with Crippen LogP contribution in [0.15, 0.2) is 83.9 Å². The van der Waals surface area contributed by atoms with Gasteiger partial charge in [-0.15, -0.1) is 0 Å². The molecule has 3 aromatic carbocycles. The quantitative estimate of drug-likeness (QED) is 0.421. The Morgan fingerprint density at radius 3 is 2.38 bits per heavy atom. The molecule has 4 aromatic rings. The van der Waals surface area contributed by atoms with E-state index < -0.39 is 33.1 Å². The lowest BCUT2D eigenvalue weighted by atomic mass is 10.1. The molecule has 0 aliphatic rings. The minimum Gasteiger partial charge on any atom is -0.348 e. The zero-order valence-corrected chi connectivity index (χ0v) is 18.8. The van der Waals surface area contributed by atoms with Crippen molar-refractivity contribution in [3.63, 3.8) is 0 Å². The highest BCUT2D eigenvalue weighted by Gasteiger charge is 2.19. The minimum absolute atomic E-state index is 0.0270. The molecule has 1 heterocycles. The number of nitrogens with one attached hydrogen (secondary N) is 2. The molecule has 0 aliphatic heterocycles. The fourth-order valence-electron chi connectivity index (χ4n) is 3.34. The van der Waals surface area contributed by atoms with Crippen molar-refractivity contribution in [1.29, 1.82) is 0 Å². The average Bonchev–Trinajstić information content (AvgIpc) is 3.28. The van der Waals surface area contributed by atoms with Crippen molar-refractivity contribution in [1.82, 2.24) is 19.8 Å². The average molecular weight is 483 g/mol. The van der Waals surface area contributed by atoms with Crippen LogP contribution < -0.4 is 10.0 Å². The number of halogens is 2. The largest absolute Gasteiger partial charge is 0.348 e. The summed E-state index contributed by atoms with van der Waals surface area (Å²) in [6.45, 7) is -0.0270. The first-order valence-corrected chi connectivity index (χ1v) is 11.7. The van der Waals surface area contributed by atoms with E-state index in [1.165, 1.54) is 19.2 Å². The Morgan fingerprint density at radius 1 is 1.00 bits per heavy atom. The molecule has 0 atom stereocenters. The van der Waals surface area contributed by atoms with Crippen LogP contribution in [0, 0.1) is 11.6 Å². The predicted molar refractivity (Wildman–Crippen MR) is 123 cm³/mol. The van der Waals surface area contributed by atoms with Gasteiger partial charge in [-0.2, -0.15) is 5.10 Å². The normalized spacial score (nSPS) is 11.4. The van der Waals surface area contributed by atoms with E-state index in [0.717, 1.165) is 23.9 Å². The van der Waals surface area contributed by atoms with Gasteiger partial charge in [-0.3, -0.25) is 4.79 Å². The summed E-state index contributed by atoms with van der Waals surface area (Å²) < 4.78 is 55.6. The van der Waals surface area contributed by atoms with Crippen LogP contribution in [0.4, 0.5) is 8.78 Å². The van der Waals surface area contributed by atoms with Crippen LogP contribution in [0.3, 0.4) is 0 Å². The number of nitrogens with zero attached hydrogens (tertiary/aromatic N) is 2. The van der Waals surface area contributed by atoms with Gasteiger partial charge in [0.05, 0.1) is 21.8 Å². The maximum absolute atomic E-state index is 14.3. The van der Waals surface area contributed by atoms with Gasteiger partial charge in [-0.05, 0) is 61.6 Å². The first kappa shape index (κ1) is 23.3. The van der Waals surface area contributed by atoms with Crippen molar-refractivity contribution in [2.45, 2.75) is 11.4 Å². The molecule has 0 unspecified atom stereocenters. The standard InChI is InChI=1S/C24H20F2N4O3S/c1-27-34(32,33)20-11-12-22(26)21(13-20)24(31)28-14-17-15-30(19-5-3-2-4-6-19)29-23(17)16-7-9-18(25)10-8-16/h2-13,15,27H,14H2,1H3,(H,28,31). The van der Waals surface area contributed by atoms with Gasteiger partial charge in [0.2, 0.25) is 10.0 Å². The number of amides is 1. The molecule has 0 spiro atoms. The molecule has 0 aliphatic carbocycles. The van der Waals surface area contributed by atoms with Crippen LogP contribution in [-0.4, -0.2) is 31.2 Å². The third-order valence-corrected chi connectivity index (χ3v) is 6.54. The number of benzene rings is 3. The Kier molecular flexibility index (Phi) is 6.53. The molecule has 0 saturated heterocycles. The first-order valence-electron chi connectivity index (χ1n) is 10.2. The Balaban J connectivity index is 1.65. The van der Waals surface area contributed by atoms with Crippen molar-refractivity contribution in [3.05, 3.63) is 102 Å². The van der Waals surface area contributed by atoms with Crippen LogP contribution in [0.1, 0.15) is 15.9 Å². The first-order chi connectivity index (χ1) is 16.3. The van der Waals surface area contributed by atoms with Gasteiger partial charge in [-0.1, -0.05) is 18.2 Å². The molecule has 1 amide bonds. The summed E-state index contributed by atoms with van der Waals surface area (Å²) in [5.74, 6) is -2.04. The smallest absolute Gasteiger partial charge is 0.254 e. The fraction of sp³-hybridized carbons (Fsp3) is 0.0833. The molecule has 34 heavy (non-hydrogen) atoms. The van der Waals surface area contributed by atoms with E-state index in [-0.39, 0.29) is 11.4 Å². The summed E-state index contributed by atoms with van der Waals surface area (Å²) in [4.78, 5) is 12.5. The Labute approximate surface area is 195 Å². The SMILES string of the molecule is CNS(=O)(=O)c1ccc(F)c(C(=O)NCc2cn(-c3ccccc3)nc2-c2ccc(F)cc2)c1. The van der Waals surface area contributed by atoms with E-state index in [2.05, 4.69) is 15.1 Å².